The quantitative estimate of drug-likeness (QED) is 0.337. The topological polar surface area (TPSA) is 241 Å². The van der Waals surface area contributed by atoms with Gasteiger partial charge in [-0.15, -0.1) is 0 Å². The minimum Gasteiger partial charge on any atom is -0.872 e. The predicted octanol–water partition coefficient (Wildman–Crippen LogP) is -13.5. The number of aromatic carboxylic acids is 4. The van der Waals surface area contributed by atoms with E-state index in [2.05, 4.69) is 0 Å². The molecule has 0 spiro atoms. The Balaban J connectivity index is -0.000000218. The predicted molar refractivity (Wildman–Crippen MR) is 78.5 cm³/mol. The summed E-state index contributed by atoms with van der Waals surface area (Å²) in [5, 5.41) is 77.6. The van der Waals surface area contributed by atoms with Gasteiger partial charge in [-0.2, -0.15) is 0 Å². The van der Waals surface area contributed by atoms with Crippen molar-refractivity contribution in [1.29, 1.82) is 0 Å². The van der Waals surface area contributed by atoms with Gasteiger partial charge in [0.2, 0.25) is 0 Å². The summed E-state index contributed by atoms with van der Waals surface area (Å²) in [6.45, 7) is 0. The third-order valence-corrected chi connectivity index (χ3v) is 3.09. The number of carbonyl (C=O) groups is 4. The van der Waals surface area contributed by atoms with Gasteiger partial charge >= 0.3 is 99.3 Å². The zero-order valence-corrected chi connectivity index (χ0v) is 17.4. The second kappa shape index (κ2) is 15.7. The summed E-state index contributed by atoms with van der Waals surface area (Å²) in [5.74, 6) is -10.2. The molecule has 0 aliphatic rings. The van der Waals surface area contributed by atoms with Crippen LogP contribution in [0.2, 0.25) is 0 Å². The Kier molecular flexibility index (Phi) is 18.2. The second-order valence-corrected chi connectivity index (χ2v) is 4.91. The Morgan fingerprint density at radius 2 is 0.562 bits per heavy atom. The molecule has 0 aliphatic carbocycles. The number of carboxylic acids is 4. The van der Waals surface area contributed by atoms with E-state index in [0.717, 1.165) is 0 Å². The van der Waals surface area contributed by atoms with Crippen LogP contribution in [0.3, 0.4) is 0 Å². The van der Waals surface area contributed by atoms with Crippen molar-refractivity contribution in [2.75, 3.05) is 0 Å². The zero-order valence-electron chi connectivity index (χ0n) is 17.4. The van der Waals surface area contributed by atoms with Crippen LogP contribution in [0.4, 0.5) is 0 Å². The van der Waals surface area contributed by atoms with Crippen molar-refractivity contribution in [3.8, 4) is 23.0 Å². The third kappa shape index (κ3) is 9.59. The molecule has 0 bridgehead atoms. The average molecular weight is 420 g/mol. The van der Waals surface area contributed by atoms with Gasteiger partial charge in [-0.25, -0.2) is 19.2 Å². The minimum atomic E-state index is -1.55. The van der Waals surface area contributed by atoms with Crippen LogP contribution in [0, 0.1) is 0 Å². The van der Waals surface area contributed by atoms with Gasteiger partial charge < -0.3 is 40.9 Å². The Morgan fingerprint density at radius 3 is 0.656 bits per heavy atom. The molecule has 2 rings (SSSR count). The van der Waals surface area contributed by atoms with Crippen LogP contribution in [-0.4, -0.2) is 44.3 Å². The summed E-state index contributed by atoms with van der Waals surface area (Å²) in [5.41, 5.74) is -2.89. The number of hydrogen-bond acceptors (Lipinski definition) is 8. The van der Waals surface area contributed by atoms with Crippen LogP contribution < -0.4 is 95.9 Å². The maximum Gasteiger partial charge on any atom is 1.00 e. The fourth-order valence-electron chi connectivity index (χ4n) is 1.79. The number of rotatable bonds is 4. The summed E-state index contributed by atoms with van der Waals surface area (Å²) in [4.78, 5) is 41.5. The molecule has 0 heterocycles. The molecular formula is C16H8Li4O12. The molecule has 12 nitrogen and oxygen atoms in total. The van der Waals surface area contributed by atoms with Gasteiger partial charge in [0.15, 0.2) is 0 Å². The van der Waals surface area contributed by atoms with Crippen molar-refractivity contribution in [3.63, 3.8) is 0 Å². The van der Waals surface area contributed by atoms with Crippen LogP contribution in [0.25, 0.3) is 0 Å². The molecule has 0 amide bonds. The molecule has 0 radical (unpaired) electrons. The van der Waals surface area contributed by atoms with Crippen LogP contribution in [0.5, 0.6) is 23.0 Å². The number of hydrogen-bond donors (Lipinski definition) is 4. The van der Waals surface area contributed by atoms with E-state index in [0.29, 0.717) is 24.3 Å². The molecule has 0 aliphatic heterocycles. The van der Waals surface area contributed by atoms with E-state index in [1.54, 1.807) is 0 Å². The largest absolute Gasteiger partial charge is 1.00 e. The van der Waals surface area contributed by atoms with Gasteiger partial charge in [0.25, 0.3) is 0 Å². The van der Waals surface area contributed by atoms with E-state index in [4.69, 9.17) is 20.4 Å². The fourth-order valence-corrected chi connectivity index (χ4v) is 1.79. The average Bonchev–Trinajstić information content (AvgIpc) is 2.57. The van der Waals surface area contributed by atoms with E-state index >= 15 is 0 Å². The normalized spacial score (nSPS) is 8.50. The summed E-state index contributed by atoms with van der Waals surface area (Å²) in [6, 6.07) is 2.03. The van der Waals surface area contributed by atoms with Crippen molar-refractivity contribution in [3.05, 3.63) is 46.5 Å². The molecule has 32 heavy (non-hydrogen) atoms. The van der Waals surface area contributed by atoms with E-state index in [1.165, 1.54) is 0 Å². The fraction of sp³-hybridized carbons (Fsp3) is 0. The van der Waals surface area contributed by atoms with E-state index in [9.17, 15) is 39.6 Å². The molecule has 0 unspecified atom stereocenters. The van der Waals surface area contributed by atoms with Crippen molar-refractivity contribution < 1.29 is 135 Å². The van der Waals surface area contributed by atoms with E-state index in [1.807, 2.05) is 0 Å². The smallest absolute Gasteiger partial charge is 0.872 e. The standard InChI is InChI=1S/2C8H6O6.4Li/c2*9-5-1-3(7(11)12)6(10)2-4(5)8(13)14;;;;/h2*1-2,9-10H,(H,11,12)(H,13,14);;;;/q;;4*+1/p-4. The molecular weight excluding hydrogens is 412 g/mol. The monoisotopic (exact) mass is 420 g/mol. The van der Waals surface area contributed by atoms with Crippen molar-refractivity contribution in [2.45, 2.75) is 0 Å². The molecule has 16 heteroatoms. The first kappa shape index (κ1) is 37.2. The second-order valence-electron chi connectivity index (χ2n) is 4.91. The van der Waals surface area contributed by atoms with Gasteiger partial charge in [0.1, 0.15) is 0 Å². The minimum absolute atomic E-state index is 0. The third-order valence-electron chi connectivity index (χ3n) is 3.09. The Morgan fingerprint density at radius 1 is 0.438 bits per heavy atom. The van der Waals surface area contributed by atoms with Crippen LogP contribution >= 0.6 is 0 Å². The maximum atomic E-state index is 11.0. The number of carboxylic acid groups (broad SMARTS) is 4. The van der Waals surface area contributed by atoms with Crippen LogP contribution in [0.1, 0.15) is 41.4 Å². The van der Waals surface area contributed by atoms with Gasteiger partial charge in [-0.1, -0.05) is 47.3 Å². The summed E-state index contributed by atoms with van der Waals surface area (Å²) in [6.07, 6.45) is 0. The Bertz CT molecular complexity index is 834. The Labute approximate surface area is 227 Å². The van der Waals surface area contributed by atoms with Gasteiger partial charge in [0.05, 0.1) is 22.3 Å². The maximum absolute atomic E-state index is 11.0. The molecule has 0 saturated carbocycles. The molecule has 148 valence electrons. The molecule has 0 fully saturated rings. The van der Waals surface area contributed by atoms with Crippen molar-refractivity contribution in [1.82, 2.24) is 0 Å². The first-order valence-corrected chi connectivity index (χ1v) is 6.84. The molecule has 2 aromatic rings. The van der Waals surface area contributed by atoms with Gasteiger partial charge in [0, 0.05) is 0 Å². The molecule has 2 aromatic carbocycles. The van der Waals surface area contributed by atoms with Gasteiger partial charge in [-0.3, -0.25) is 0 Å². The van der Waals surface area contributed by atoms with E-state index in [-0.39, 0.29) is 75.4 Å². The first-order chi connectivity index (χ1) is 12.9. The SMILES string of the molecule is O=C(O)c1cc([O-])c(C(=O)O)cc1[O-].O=C(O)c1cc([O-])c(C(=O)O)cc1[O-].[Li+].[Li+].[Li+].[Li+]. The Hall–Kier alpha value is -2.09. The van der Waals surface area contributed by atoms with E-state index < -0.39 is 69.1 Å². The summed E-state index contributed by atoms with van der Waals surface area (Å²) >= 11 is 0. The van der Waals surface area contributed by atoms with Crippen molar-refractivity contribution in [2.24, 2.45) is 0 Å². The summed E-state index contributed by atoms with van der Waals surface area (Å²) in [7, 11) is 0. The van der Waals surface area contributed by atoms with Crippen LogP contribution in [0.15, 0.2) is 24.3 Å². The van der Waals surface area contributed by atoms with Gasteiger partial charge in [-0.05, 0) is 0 Å². The van der Waals surface area contributed by atoms with Crippen molar-refractivity contribution >= 4 is 23.9 Å². The molecule has 0 aromatic heterocycles. The molecule has 4 N–H and O–H groups in total. The molecule has 0 atom stereocenters. The number of benzene rings is 2. The van der Waals surface area contributed by atoms with Crippen LogP contribution in [-0.2, 0) is 0 Å². The zero-order chi connectivity index (χ0) is 21.8. The first-order valence-electron chi connectivity index (χ1n) is 6.84. The molecule has 0 saturated heterocycles. The summed E-state index contributed by atoms with van der Waals surface area (Å²) < 4.78 is 0.